The van der Waals surface area contributed by atoms with Crippen LogP contribution in [0.2, 0.25) is 0 Å². The van der Waals surface area contributed by atoms with E-state index >= 15 is 0 Å². The zero-order chi connectivity index (χ0) is 17.9. The van der Waals surface area contributed by atoms with Gasteiger partial charge in [0.05, 0.1) is 6.26 Å². The highest BCUT2D eigenvalue weighted by molar-refractivity contribution is 7.92. The van der Waals surface area contributed by atoms with Gasteiger partial charge in [0.15, 0.2) is 0 Å². The molecular weight excluding hydrogens is 342 g/mol. The van der Waals surface area contributed by atoms with Crippen molar-refractivity contribution < 1.29 is 13.2 Å². The van der Waals surface area contributed by atoms with Crippen LogP contribution in [0.25, 0.3) is 0 Å². The largest absolute Gasteiger partial charge is 0.324 e. The molecule has 0 spiro atoms. The van der Waals surface area contributed by atoms with Crippen LogP contribution in [0.1, 0.15) is 12.8 Å². The number of hydrogen-bond donors (Lipinski definition) is 3. The minimum Gasteiger partial charge on any atom is -0.324 e. The van der Waals surface area contributed by atoms with Crippen molar-refractivity contribution in [3.8, 4) is 0 Å². The highest BCUT2D eigenvalue weighted by Gasteiger charge is 2.42. The van der Waals surface area contributed by atoms with Gasteiger partial charge in [-0.15, -0.1) is 0 Å². The van der Waals surface area contributed by atoms with Gasteiger partial charge in [-0.1, -0.05) is 0 Å². The Balaban J connectivity index is 1.78. The number of hydrogen-bond acceptors (Lipinski definition) is 5. The number of nitrogens with one attached hydrogen (secondary N) is 3. The molecule has 0 atom stereocenters. The van der Waals surface area contributed by atoms with E-state index in [1.165, 1.54) is 0 Å². The maximum absolute atomic E-state index is 13.0. The standard InChI is InChI=1S/C16H21N5O3S/c1-25(23,24)20-14-5-3-13(4-6-14)19-15(22)16(7-10-17-11-8-16)21-12-2-9-18-21/h2-6,9,12,17,20H,7-8,10-11H2,1H3,(H,19,22). The van der Waals surface area contributed by atoms with Crippen LogP contribution in [-0.2, 0) is 20.4 Å². The van der Waals surface area contributed by atoms with Gasteiger partial charge in [-0.2, -0.15) is 5.10 Å². The molecule has 25 heavy (non-hydrogen) atoms. The number of amides is 1. The van der Waals surface area contributed by atoms with Crippen molar-refractivity contribution in [3.05, 3.63) is 42.7 Å². The summed E-state index contributed by atoms with van der Waals surface area (Å²) >= 11 is 0. The van der Waals surface area contributed by atoms with Crippen molar-refractivity contribution in [2.24, 2.45) is 0 Å². The predicted molar refractivity (Wildman–Crippen MR) is 95.8 cm³/mol. The highest BCUT2D eigenvalue weighted by Crippen LogP contribution is 2.29. The van der Waals surface area contributed by atoms with E-state index in [-0.39, 0.29) is 5.91 Å². The van der Waals surface area contributed by atoms with Gasteiger partial charge >= 0.3 is 0 Å². The first-order chi connectivity index (χ1) is 11.9. The second kappa shape index (κ2) is 6.85. The summed E-state index contributed by atoms with van der Waals surface area (Å²) < 4.78 is 26.6. The lowest BCUT2D eigenvalue weighted by molar-refractivity contribution is -0.126. The molecule has 1 aliphatic rings. The molecule has 0 saturated carbocycles. The Kier molecular flexibility index (Phi) is 4.78. The van der Waals surface area contributed by atoms with E-state index in [1.807, 2.05) is 12.3 Å². The quantitative estimate of drug-likeness (QED) is 0.734. The number of sulfonamides is 1. The summed E-state index contributed by atoms with van der Waals surface area (Å²) in [6, 6.07) is 8.37. The Labute approximate surface area is 146 Å². The summed E-state index contributed by atoms with van der Waals surface area (Å²) in [5.74, 6) is -0.124. The number of carbonyl (C=O) groups excluding carboxylic acids is 1. The van der Waals surface area contributed by atoms with Gasteiger partial charge in [0.25, 0.3) is 5.91 Å². The van der Waals surface area contributed by atoms with Gasteiger partial charge < -0.3 is 10.6 Å². The van der Waals surface area contributed by atoms with Crippen LogP contribution in [0.3, 0.4) is 0 Å². The molecule has 0 radical (unpaired) electrons. The van der Waals surface area contributed by atoms with E-state index < -0.39 is 15.6 Å². The molecule has 9 heteroatoms. The normalized spacial score (nSPS) is 17.0. The topological polar surface area (TPSA) is 105 Å². The van der Waals surface area contributed by atoms with Gasteiger partial charge in [0.1, 0.15) is 5.54 Å². The number of aromatic nitrogens is 2. The molecule has 2 heterocycles. The molecule has 1 aromatic heterocycles. The zero-order valence-electron chi connectivity index (χ0n) is 13.9. The van der Waals surface area contributed by atoms with Crippen LogP contribution in [0.15, 0.2) is 42.7 Å². The fourth-order valence-electron chi connectivity index (χ4n) is 3.01. The average molecular weight is 363 g/mol. The summed E-state index contributed by atoms with van der Waals surface area (Å²) in [4.78, 5) is 13.0. The SMILES string of the molecule is CS(=O)(=O)Nc1ccc(NC(=O)C2(n3cccn3)CCNCC2)cc1. The first-order valence-electron chi connectivity index (χ1n) is 7.99. The maximum atomic E-state index is 13.0. The molecule has 134 valence electrons. The lowest BCUT2D eigenvalue weighted by Gasteiger charge is -2.36. The molecule has 0 unspecified atom stereocenters. The summed E-state index contributed by atoms with van der Waals surface area (Å²) in [6.07, 6.45) is 5.86. The number of carbonyl (C=O) groups is 1. The first-order valence-corrected chi connectivity index (χ1v) is 9.88. The van der Waals surface area contributed by atoms with E-state index in [2.05, 4.69) is 20.5 Å². The fourth-order valence-corrected chi connectivity index (χ4v) is 3.57. The summed E-state index contributed by atoms with van der Waals surface area (Å²) in [5, 5.41) is 10.5. The van der Waals surface area contributed by atoms with Gasteiger partial charge in [-0.25, -0.2) is 8.42 Å². The van der Waals surface area contributed by atoms with Gasteiger partial charge in [0, 0.05) is 23.8 Å². The van der Waals surface area contributed by atoms with Crippen molar-refractivity contribution in [3.63, 3.8) is 0 Å². The molecule has 0 bridgehead atoms. The molecule has 3 N–H and O–H groups in total. The van der Waals surface area contributed by atoms with E-state index in [9.17, 15) is 13.2 Å². The third-order valence-electron chi connectivity index (χ3n) is 4.24. The molecule has 1 saturated heterocycles. The second-order valence-corrected chi connectivity index (χ2v) is 7.89. The third-order valence-corrected chi connectivity index (χ3v) is 4.85. The first kappa shape index (κ1) is 17.4. The molecule has 8 nitrogen and oxygen atoms in total. The third kappa shape index (κ3) is 3.99. The molecular formula is C16H21N5O3S. The molecule has 1 aliphatic heterocycles. The van der Waals surface area contributed by atoms with Crippen LogP contribution in [0.5, 0.6) is 0 Å². The van der Waals surface area contributed by atoms with Crippen LogP contribution < -0.4 is 15.4 Å². The lowest BCUT2D eigenvalue weighted by atomic mass is 9.87. The van der Waals surface area contributed by atoms with Crippen LogP contribution >= 0.6 is 0 Å². The fraction of sp³-hybridized carbons (Fsp3) is 0.375. The minimum atomic E-state index is -3.33. The van der Waals surface area contributed by atoms with Crippen LogP contribution in [0.4, 0.5) is 11.4 Å². The van der Waals surface area contributed by atoms with Crippen LogP contribution in [-0.4, -0.2) is 43.5 Å². The lowest BCUT2D eigenvalue weighted by Crippen LogP contribution is -2.52. The number of benzene rings is 1. The minimum absolute atomic E-state index is 0.124. The summed E-state index contributed by atoms with van der Waals surface area (Å²) in [5.41, 5.74) is 0.330. The Bertz CT molecular complexity index is 825. The van der Waals surface area contributed by atoms with Crippen molar-refractivity contribution in [1.29, 1.82) is 0 Å². The molecule has 0 aliphatic carbocycles. The maximum Gasteiger partial charge on any atom is 0.252 e. The molecule has 1 amide bonds. The van der Waals surface area contributed by atoms with Crippen molar-refractivity contribution in [1.82, 2.24) is 15.1 Å². The molecule has 1 fully saturated rings. The number of rotatable bonds is 5. The Morgan fingerprint density at radius 3 is 2.40 bits per heavy atom. The van der Waals surface area contributed by atoms with E-state index in [4.69, 9.17) is 0 Å². The zero-order valence-corrected chi connectivity index (χ0v) is 14.7. The van der Waals surface area contributed by atoms with Crippen molar-refractivity contribution in [2.45, 2.75) is 18.4 Å². The average Bonchev–Trinajstić information content (AvgIpc) is 3.11. The monoisotopic (exact) mass is 363 g/mol. The summed E-state index contributed by atoms with van der Waals surface area (Å²) in [7, 11) is -3.33. The van der Waals surface area contributed by atoms with E-state index in [0.29, 0.717) is 24.2 Å². The Morgan fingerprint density at radius 2 is 1.84 bits per heavy atom. The highest BCUT2D eigenvalue weighted by atomic mass is 32.2. The second-order valence-electron chi connectivity index (χ2n) is 6.14. The van der Waals surface area contributed by atoms with Crippen LogP contribution in [0, 0.1) is 0 Å². The smallest absolute Gasteiger partial charge is 0.252 e. The predicted octanol–water partition coefficient (Wildman–Crippen LogP) is 0.972. The van der Waals surface area contributed by atoms with Gasteiger partial charge in [0.2, 0.25) is 10.0 Å². The van der Waals surface area contributed by atoms with Crippen molar-refractivity contribution in [2.75, 3.05) is 29.4 Å². The molecule has 2 aromatic rings. The number of piperidine rings is 1. The van der Waals surface area contributed by atoms with Gasteiger partial charge in [-0.05, 0) is 56.3 Å². The van der Waals surface area contributed by atoms with E-state index in [0.717, 1.165) is 19.3 Å². The molecule has 3 rings (SSSR count). The number of anilines is 2. The Hall–Kier alpha value is -2.39. The van der Waals surface area contributed by atoms with E-state index in [1.54, 1.807) is 35.1 Å². The van der Waals surface area contributed by atoms with Gasteiger partial charge in [-0.3, -0.25) is 14.2 Å². The summed E-state index contributed by atoms with van der Waals surface area (Å²) in [6.45, 7) is 1.48. The Morgan fingerprint density at radius 1 is 1.20 bits per heavy atom. The van der Waals surface area contributed by atoms with Crippen molar-refractivity contribution >= 4 is 27.3 Å². The molecule has 1 aromatic carbocycles. The number of nitrogens with zero attached hydrogens (tertiary/aromatic N) is 2.